The zero-order valence-corrected chi connectivity index (χ0v) is 15.1. The van der Waals surface area contributed by atoms with Gasteiger partial charge >= 0.3 is 0 Å². The first-order valence-electron chi connectivity index (χ1n) is 8.76. The fraction of sp³-hybridized carbons (Fsp3) is 0. The van der Waals surface area contributed by atoms with Gasteiger partial charge in [-0.1, -0.05) is 54.1 Å². The van der Waals surface area contributed by atoms with E-state index in [0.717, 1.165) is 43.6 Å². The third kappa shape index (κ3) is 2.70. The highest BCUT2D eigenvalue weighted by Crippen LogP contribution is 2.33. The maximum Gasteiger partial charge on any atom is 0.123 e. The largest absolute Gasteiger partial charge is 0.309 e. The predicted molar refractivity (Wildman–Crippen MR) is 111 cm³/mol. The van der Waals surface area contributed by atoms with E-state index in [1.165, 1.54) is 6.07 Å². The van der Waals surface area contributed by atoms with E-state index < -0.39 is 0 Å². The van der Waals surface area contributed by atoms with Crippen molar-refractivity contribution in [1.82, 2.24) is 4.57 Å². The van der Waals surface area contributed by atoms with Gasteiger partial charge in [-0.05, 0) is 59.7 Å². The van der Waals surface area contributed by atoms with E-state index in [0.29, 0.717) is 0 Å². The lowest BCUT2D eigenvalue weighted by molar-refractivity contribution is 0.629. The van der Waals surface area contributed by atoms with Crippen molar-refractivity contribution in [1.29, 1.82) is 0 Å². The standard InChI is InChI=1S/C24H15ClFN/c25-18-10-8-16(9-11-18)17-4-3-5-20(14-17)27-23-7-2-1-6-21(23)22-15-19(26)12-13-24(22)27/h1-15H. The van der Waals surface area contributed by atoms with Gasteiger partial charge in [0.1, 0.15) is 5.82 Å². The molecule has 1 aromatic heterocycles. The minimum atomic E-state index is -0.222. The minimum Gasteiger partial charge on any atom is -0.309 e. The number of hydrogen-bond donors (Lipinski definition) is 0. The summed E-state index contributed by atoms with van der Waals surface area (Å²) in [6.07, 6.45) is 0. The first-order valence-corrected chi connectivity index (χ1v) is 9.13. The number of fused-ring (bicyclic) bond motifs is 3. The molecule has 0 unspecified atom stereocenters. The van der Waals surface area contributed by atoms with Crippen LogP contribution in [0.5, 0.6) is 0 Å². The van der Waals surface area contributed by atoms with Crippen molar-refractivity contribution >= 4 is 33.4 Å². The molecule has 27 heavy (non-hydrogen) atoms. The van der Waals surface area contributed by atoms with Gasteiger partial charge in [-0.3, -0.25) is 0 Å². The van der Waals surface area contributed by atoms with Crippen LogP contribution in [0.1, 0.15) is 0 Å². The zero-order chi connectivity index (χ0) is 18.4. The molecular formula is C24H15ClFN. The quantitative estimate of drug-likeness (QED) is 0.308. The molecule has 0 aliphatic rings. The Balaban J connectivity index is 1.78. The summed E-state index contributed by atoms with van der Waals surface area (Å²) < 4.78 is 16.1. The van der Waals surface area contributed by atoms with E-state index in [-0.39, 0.29) is 5.82 Å². The molecule has 0 aliphatic carbocycles. The fourth-order valence-electron chi connectivity index (χ4n) is 3.69. The molecular weight excluding hydrogens is 357 g/mol. The first-order chi connectivity index (χ1) is 13.2. The molecule has 0 fully saturated rings. The lowest BCUT2D eigenvalue weighted by atomic mass is 10.1. The Hall–Kier alpha value is -3.10. The molecule has 0 atom stereocenters. The Labute approximate surface area is 161 Å². The third-order valence-electron chi connectivity index (χ3n) is 4.92. The van der Waals surface area contributed by atoms with Gasteiger partial charge in [0.2, 0.25) is 0 Å². The molecule has 5 rings (SSSR count). The van der Waals surface area contributed by atoms with Crippen LogP contribution in [0.15, 0.2) is 91.0 Å². The van der Waals surface area contributed by atoms with E-state index >= 15 is 0 Å². The van der Waals surface area contributed by atoms with Gasteiger partial charge in [0.15, 0.2) is 0 Å². The van der Waals surface area contributed by atoms with Crippen molar-refractivity contribution in [2.75, 3.05) is 0 Å². The monoisotopic (exact) mass is 371 g/mol. The van der Waals surface area contributed by atoms with Crippen LogP contribution in [0.2, 0.25) is 5.02 Å². The second kappa shape index (κ2) is 6.26. The van der Waals surface area contributed by atoms with E-state index in [1.807, 2.05) is 54.6 Å². The van der Waals surface area contributed by atoms with Crippen LogP contribution < -0.4 is 0 Å². The maximum absolute atomic E-state index is 13.9. The van der Waals surface area contributed by atoms with Gasteiger partial charge in [-0.15, -0.1) is 0 Å². The van der Waals surface area contributed by atoms with E-state index in [1.54, 1.807) is 6.07 Å². The predicted octanol–water partition coefficient (Wildman–Crippen LogP) is 7.24. The van der Waals surface area contributed by atoms with Gasteiger partial charge < -0.3 is 4.57 Å². The highest BCUT2D eigenvalue weighted by molar-refractivity contribution is 6.30. The Morgan fingerprint density at radius 2 is 1.41 bits per heavy atom. The third-order valence-corrected chi connectivity index (χ3v) is 5.17. The molecule has 5 aromatic rings. The van der Waals surface area contributed by atoms with E-state index in [9.17, 15) is 4.39 Å². The van der Waals surface area contributed by atoms with Crippen molar-refractivity contribution in [2.24, 2.45) is 0 Å². The van der Waals surface area contributed by atoms with Gasteiger partial charge in [0.05, 0.1) is 11.0 Å². The second-order valence-corrected chi connectivity index (χ2v) is 7.01. The average molecular weight is 372 g/mol. The van der Waals surface area contributed by atoms with Gasteiger partial charge in [-0.2, -0.15) is 0 Å². The molecule has 0 spiro atoms. The highest BCUT2D eigenvalue weighted by atomic mass is 35.5. The summed E-state index contributed by atoms with van der Waals surface area (Å²) in [6.45, 7) is 0. The summed E-state index contributed by atoms with van der Waals surface area (Å²) in [4.78, 5) is 0. The summed E-state index contributed by atoms with van der Waals surface area (Å²) in [5, 5.41) is 2.69. The smallest absolute Gasteiger partial charge is 0.123 e. The molecule has 4 aromatic carbocycles. The molecule has 0 aliphatic heterocycles. The number of para-hydroxylation sites is 1. The number of rotatable bonds is 2. The Kier molecular flexibility index (Phi) is 3.73. The van der Waals surface area contributed by atoms with Crippen molar-refractivity contribution in [3.63, 3.8) is 0 Å². The molecule has 1 heterocycles. The van der Waals surface area contributed by atoms with Crippen LogP contribution in [0.4, 0.5) is 4.39 Å². The van der Waals surface area contributed by atoms with Crippen LogP contribution in [-0.4, -0.2) is 4.57 Å². The Morgan fingerprint density at radius 3 is 2.26 bits per heavy atom. The first kappa shape index (κ1) is 16.1. The summed E-state index contributed by atoms with van der Waals surface area (Å²) >= 11 is 6.02. The van der Waals surface area contributed by atoms with Gasteiger partial charge in [0, 0.05) is 21.5 Å². The average Bonchev–Trinajstić information content (AvgIpc) is 3.02. The highest BCUT2D eigenvalue weighted by Gasteiger charge is 2.13. The van der Waals surface area contributed by atoms with Crippen LogP contribution in [0.25, 0.3) is 38.6 Å². The molecule has 0 radical (unpaired) electrons. The lowest BCUT2D eigenvalue weighted by Crippen LogP contribution is -1.94. The maximum atomic E-state index is 13.9. The van der Waals surface area contributed by atoms with Crippen molar-refractivity contribution in [2.45, 2.75) is 0 Å². The molecule has 0 amide bonds. The number of nitrogens with zero attached hydrogens (tertiary/aromatic N) is 1. The van der Waals surface area contributed by atoms with Crippen molar-refractivity contribution < 1.29 is 4.39 Å². The molecule has 0 saturated heterocycles. The molecule has 1 nitrogen and oxygen atoms in total. The normalized spacial score (nSPS) is 11.3. The fourth-order valence-corrected chi connectivity index (χ4v) is 3.82. The van der Waals surface area contributed by atoms with Crippen LogP contribution in [0.3, 0.4) is 0 Å². The topological polar surface area (TPSA) is 4.93 Å². The molecule has 130 valence electrons. The summed E-state index contributed by atoms with van der Waals surface area (Å²) in [5.74, 6) is -0.222. The molecule has 0 saturated carbocycles. The van der Waals surface area contributed by atoms with Crippen LogP contribution in [0, 0.1) is 5.82 Å². The molecule has 3 heteroatoms. The van der Waals surface area contributed by atoms with Crippen molar-refractivity contribution in [3.8, 4) is 16.8 Å². The summed E-state index contributed by atoms with van der Waals surface area (Å²) in [5.41, 5.74) is 5.31. The summed E-state index contributed by atoms with van der Waals surface area (Å²) in [7, 11) is 0. The zero-order valence-electron chi connectivity index (χ0n) is 14.4. The number of hydrogen-bond acceptors (Lipinski definition) is 0. The molecule has 0 N–H and O–H groups in total. The van der Waals surface area contributed by atoms with Crippen LogP contribution in [-0.2, 0) is 0 Å². The Bertz CT molecular complexity index is 1290. The van der Waals surface area contributed by atoms with Crippen molar-refractivity contribution in [3.05, 3.63) is 102 Å². The van der Waals surface area contributed by atoms with Gasteiger partial charge in [-0.25, -0.2) is 4.39 Å². The molecule has 0 bridgehead atoms. The second-order valence-electron chi connectivity index (χ2n) is 6.57. The minimum absolute atomic E-state index is 0.222. The van der Waals surface area contributed by atoms with Gasteiger partial charge in [0.25, 0.3) is 0 Å². The number of aromatic nitrogens is 1. The summed E-state index contributed by atoms with van der Waals surface area (Å²) in [6, 6.07) is 29.3. The lowest BCUT2D eigenvalue weighted by Gasteiger charge is -2.10. The number of benzene rings is 4. The SMILES string of the molecule is Fc1ccc2c(c1)c1ccccc1n2-c1cccc(-c2ccc(Cl)cc2)c1. The van der Waals surface area contributed by atoms with E-state index in [2.05, 4.69) is 28.8 Å². The number of halogens is 2. The van der Waals surface area contributed by atoms with Crippen LogP contribution >= 0.6 is 11.6 Å². The van der Waals surface area contributed by atoms with E-state index in [4.69, 9.17) is 11.6 Å². The Morgan fingerprint density at radius 1 is 0.630 bits per heavy atom.